The van der Waals surface area contributed by atoms with Gasteiger partial charge in [-0.05, 0) is 25.7 Å². The molecule has 2 aliphatic rings. The third-order valence-electron chi connectivity index (χ3n) is 4.04. The van der Waals surface area contributed by atoms with Gasteiger partial charge in [-0.25, -0.2) is 0 Å². The summed E-state index contributed by atoms with van der Waals surface area (Å²) in [7, 11) is 0. The van der Waals surface area contributed by atoms with Gasteiger partial charge in [0.25, 0.3) is 0 Å². The number of nitrogens with two attached hydrogens (primary N) is 1. The lowest BCUT2D eigenvalue weighted by atomic mass is 9.75. The quantitative estimate of drug-likeness (QED) is 0.822. The minimum atomic E-state index is -0.175. The molecule has 2 N–H and O–H groups in total. The summed E-state index contributed by atoms with van der Waals surface area (Å²) in [5.41, 5.74) is 5.98. The minimum Gasteiger partial charge on any atom is -0.342 e. The summed E-state index contributed by atoms with van der Waals surface area (Å²) in [6.45, 7) is 6.32. The Morgan fingerprint density at radius 2 is 2.00 bits per heavy atom. The highest BCUT2D eigenvalue weighted by Crippen LogP contribution is 2.34. The van der Waals surface area contributed by atoms with Crippen LogP contribution >= 0.6 is 11.8 Å². The molecule has 1 saturated heterocycles. The number of carbonyl (C=O) groups excluding carboxylic acids is 1. The largest absolute Gasteiger partial charge is 0.342 e. The highest BCUT2D eigenvalue weighted by atomic mass is 32.2. The Morgan fingerprint density at radius 3 is 2.59 bits per heavy atom. The van der Waals surface area contributed by atoms with Gasteiger partial charge in [0.15, 0.2) is 0 Å². The predicted octanol–water partition coefficient (Wildman–Crippen LogP) is 2.00. The number of rotatable bonds is 2. The number of nitrogens with zero attached hydrogens (tertiary/aromatic N) is 1. The number of thioether (sulfide) groups is 1. The van der Waals surface area contributed by atoms with Gasteiger partial charge in [0, 0.05) is 35.5 Å². The van der Waals surface area contributed by atoms with Crippen molar-refractivity contribution >= 4 is 17.7 Å². The van der Waals surface area contributed by atoms with Gasteiger partial charge in [-0.2, -0.15) is 11.8 Å². The van der Waals surface area contributed by atoms with Gasteiger partial charge < -0.3 is 10.6 Å². The van der Waals surface area contributed by atoms with Crippen molar-refractivity contribution in [3.8, 4) is 0 Å². The van der Waals surface area contributed by atoms with E-state index in [0.29, 0.717) is 11.2 Å². The van der Waals surface area contributed by atoms with E-state index in [4.69, 9.17) is 5.73 Å². The average Bonchev–Trinajstić information content (AvgIpc) is 2.37. The summed E-state index contributed by atoms with van der Waals surface area (Å²) in [5, 5.41) is 0. The highest BCUT2D eigenvalue weighted by molar-refractivity contribution is 8.00. The molecule has 17 heavy (non-hydrogen) atoms. The lowest BCUT2D eigenvalue weighted by molar-refractivity contribution is -0.133. The van der Waals surface area contributed by atoms with E-state index in [2.05, 4.69) is 13.8 Å². The zero-order chi connectivity index (χ0) is 12.5. The first kappa shape index (κ1) is 13.2. The Morgan fingerprint density at radius 1 is 1.29 bits per heavy atom. The van der Waals surface area contributed by atoms with Crippen molar-refractivity contribution in [2.75, 3.05) is 18.8 Å². The molecule has 0 radical (unpaired) electrons. The Hall–Kier alpha value is -0.220. The third kappa shape index (κ3) is 3.38. The zero-order valence-corrected chi connectivity index (χ0v) is 11.8. The van der Waals surface area contributed by atoms with Crippen LogP contribution in [0.1, 0.15) is 46.0 Å². The van der Waals surface area contributed by atoms with E-state index in [-0.39, 0.29) is 11.4 Å². The molecular formula is C13H24N2OS. The minimum absolute atomic E-state index is 0.175. The summed E-state index contributed by atoms with van der Waals surface area (Å²) < 4.78 is 0.311. The van der Waals surface area contributed by atoms with Crippen LogP contribution < -0.4 is 5.73 Å². The van der Waals surface area contributed by atoms with E-state index in [1.165, 1.54) is 6.42 Å². The van der Waals surface area contributed by atoms with Crippen molar-refractivity contribution in [3.63, 3.8) is 0 Å². The van der Waals surface area contributed by atoms with Crippen molar-refractivity contribution in [2.45, 2.75) is 56.2 Å². The van der Waals surface area contributed by atoms with Crippen molar-refractivity contribution in [3.05, 3.63) is 0 Å². The van der Waals surface area contributed by atoms with Gasteiger partial charge >= 0.3 is 0 Å². The van der Waals surface area contributed by atoms with E-state index in [9.17, 15) is 4.79 Å². The molecular weight excluding hydrogens is 232 g/mol. The fourth-order valence-corrected chi connectivity index (χ4v) is 3.59. The maximum absolute atomic E-state index is 12.2. The van der Waals surface area contributed by atoms with Crippen LogP contribution in [0.4, 0.5) is 0 Å². The fourth-order valence-electron chi connectivity index (χ4n) is 2.49. The molecule has 3 nitrogen and oxygen atoms in total. The molecule has 1 saturated carbocycles. The second kappa shape index (κ2) is 4.81. The van der Waals surface area contributed by atoms with Gasteiger partial charge in [-0.1, -0.05) is 13.8 Å². The van der Waals surface area contributed by atoms with Crippen LogP contribution in [-0.2, 0) is 4.79 Å². The van der Waals surface area contributed by atoms with Crippen molar-refractivity contribution < 1.29 is 4.79 Å². The molecule has 0 unspecified atom stereocenters. The first-order chi connectivity index (χ1) is 7.90. The van der Waals surface area contributed by atoms with Crippen LogP contribution in [0.25, 0.3) is 0 Å². The summed E-state index contributed by atoms with van der Waals surface area (Å²) in [6, 6.07) is 0. The first-order valence-electron chi connectivity index (χ1n) is 6.61. The molecule has 2 fully saturated rings. The van der Waals surface area contributed by atoms with Crippen molar-refractivity contribution in [1.29, 1.82) is 0 Å². The molecule has 0 aromatic carbocycles. The number of carbonyl (C=O) groups is 1. The fraction of sp³-hybridized carbons (Fsp3) is 0.923. The molecule has 0 bridgehead atoms. The van der Waals surface area contributed by atoms with Crippen LogP contribution in [0.15, 0.2) is 0 Å². The summed E-state index contributed by atoms with van der Waals surface area (Å²) in [6.07, 6.45) is 4.87. The molecule has 0 aromatic heterocycles. The monoisotopic (exact) mass is 256 g/mol. The Labute approximate surface area is 108 Å². The highest BCUT2D eigenvalue weighted by Gasteiger charge is 2.36. The van der Waals surface area contributed by atoms with Crippen molar-refractivity contribution in [1.82, 2.24) is 4.90 Å². The van der Waals surface area contributed by atoms with Crippen LogP contribution in [0.2, 0.25) is 0 Å². The molecule has 0 spiro atoms. The molecule has 1 heterocycles. The van der Waals surface area contributed by atoms with Crippen LogP contribution in [0.5, 0.6) is 0 Å². The normalized spacial score (nSPS) is 27.1. The lowest BCUT2D eigenvalue weighted by Crippen LogP contribution is -2.50. The second-order valence-corrected chi connectivity index (χ2v) is 7.93. The van der Waals surface area contributed by atoms with E-state index in [0.717, 1.165) is 38.1 Å². The van der Waals surface area contributed by atoms with Gasteiger partial charge in [-0.3, -0.25) is 4.79 Å². The van der Waals surface area contributed by atoms with Gasteiger partial charge in [0.05, 0.1) is 0 Å². The molecule has 2 rings (SSSR count). The van der Waals surface area contributed by atoms with E-state index < -0.39 is 0 Å². The van der Waals surface area contributed by atoms with Gasteiger partial charge in [-0.15, -0.1) is 0 Å². The Bertz CT molecular complexity index is 300. The maximum atomic E-state index is 12.2. The van der Waals surface area contributed by atoms with Crippen LogP contribution in [0, 0.1) is 0 Å². The van der Waals surface area contributed by atoms with Gasteiger partial charge in [0.2, 0.25) is 5.91 Å². The van der Waals surface area contributed by atoms with Crippen LogP contribution in [0.3, 0.4) is 0 Å². The topological polar surface area (TPSA) is 46.3 Å². The summed E-state index contributed by atoms with van der Waals surface area (Å²) in [5.74, 6) is 1.32. The third-order valence-corrected chi connectivity index (χ3v) is 5.42. The second-order valence-electron chi connectivity index (χ2n) is 6.13. The number of amides is 1. The van der Waals surface area contributed by atoms with Crippen molar-refractivity contribution in [2.24, 2.45) is 5.73 Å². The molecule has 4 heteroatoms. The standard InChI is InChI=1S/C13H24N2OS/c1-12(2)6-7-15(8-9-17-12)11(16)10-13(14)4-3-5-13/h3-10,14H2,1-2H3. The molecule has 0 aromatic rings. The van der Waals surface area contributed by atoms with E-state index in [1.54, 1.807) is 0 Å². The molecule has 0 atom stereocenters. The lowest BCUT2D eigenvalue weighted by Gasteiger charge is -2.38. The SMILES string of the molecule is CC1(C)CCN(C(=O)CC2(N)CCC2)CCS1. The maximum Gasteiger partial charge on any atom is 0.224 e. The predicted molar refractivity (Wildman–Crippen MR) is 73.1 cm³/mol. The molecule has 98 valence electrons. The summed E-state index contributed by atoms with van der Waals surface area (Å²) >= 11 is 1.97. The van der Waals surface area contributed by atoms with E-state index >= 15 is 0 Å². The smallest absolute Gasteiger partial charge is 0.224 e. The van der Waals surface area contributed by atoms with Gasteiger partial charge in [0.1, 0.15) is 0 Å². The number of hydrogen-bond acceptors (Lipinski definition) is 3. The molecule has 1 aliphatic carbocycles. The summed E-state index contributed by atoms with van der Waals surface area (Å²) in [4.78, 5) is 14.2. The Balaban J connectivity index is 1.87. The number of hydrogen-bond donors (Lipinski definition) is 1. The van der Waals surface area contributed by atoms with Crippen LogP contribution in [-0.4, -0.2) is 39.9 Å². The molecule has 1 amide bonds. The molecule has 1 aliphatic heterocycles. The first-order valence-corrected chi connectivity index (χ1v) is 7.60. The zero-order valence-electron chi connectivity index (χ0n) is 11.0. The Kier molecular flexibility index (Phi) is 3.74. The van der Waals surface area contributed by atoms with E-state index in [1.807, 2.05) is 16.7 Å². The average molecular weight is 256 g/mol.